The molecule has 3 aromatic rings. The van der Waals surface area contributed by atoms with Crippen molar-refractivity contribution in [2.75, 3.05) is 5.88 Å². The first-order chi connectivity index (χ1) is 10.2. The summed E-state index contributed by atoms with van der Waals surface area (Å²) in [4.78, 5) is 8.88. The van der Waals surface area contributed by atoms with Crippen LogP contribution in [0, 0.1) is 0 Å². The van der Waals surface area contributed by atoms with Crippen molar-refractivity contribution in [1.29, 1.82) is 0 Å². The maximum absolute atomic E-state index is 6.40. The standard InChI is InChI=1S/C16H15Cl2N3/c1-11(12-4-3-9-19-10-12)21-15(7-8-17)20-14-6-2-5-13(18)16(14)21/h2-6,9-11H,7-8H2,1H3. The van der Waals surface area contributed by atoms with Crippen molar-refractivity contribution in [2.45, 2.75) is 19.4 Å². The number of para-hydroxylation sites is 1. The molecule has 0 spiro atoms. The first-order valence-corrected chi connectivity index (χ1v) is 7.75. The lowest BCUT2D eigenvalue weighted by Gasteiger charge is -2.18. The van der Waals surface area contributed by atoms with E-state index in [4.69, 9.17) is 23.2 Å². The van der Waals surface area contributed by atoms with Crippen LogP contribution in [0.5, 0.6) is 0 Å². The van der Waals surface area contributed by atoms with E-state index in [0.717, 1.165) is 22.4 Å². The molecule has 0 amide bonds. The van der Waals surface area contributed by atoms with Crippen LogP contribution in [0.3, 0.4) is 0 Å². The summed E-state index contributed by atoms with van der Waals surface area (Å²) in [6.07, 6.45) is 4.35. The van der Waals surface area contributed by atoms with Gasteiger partial charge in [0.1, 0.15) is 5.82 Å². The topological polar surface area (TPSA) is 30.7 Å². The number of pyridine rings is 1. The molecule has 0 aliphatic carbocycles. The van der Waals surface area contributed by atoms with Gasteiger partial charge in [0.15, 0.2) is 0 Å². The average Bonchev–Trinajstić information content (AvgIpc) is 2.87. The van der Waals surface area contributed by atoms with Gasteiger partial charge in [0.2, 0.25) is 0 Å². The highest BCUT2D eigenvalue weighted by atomic mass is 35.5. The van der Waals surface area contributed by atoms with Crippen LogP contribution >= 0.6 is 23.2 Å². The maximum atomic E-state index is 6.40. The lowest BCUT2D eigenvalue weighted by Crippen LogP contribution is -2.11. The summed E-state index contributed by atoms with van der Waals surface area (Å²) in [6.45, 7) is 2.12. The van der Waals surface area contributed by atoms with Crippen LogP contribution in [0.4, 0.5) is 0 Å². The fraction of sp³-hybridized carbons (Fsp3) is 0.250. The number of benzene rings is 1. The van der Waals surface area contributed by atoms with Gasteiger partial charge in [0.05, 0.1) is 22.1 Å². The third kappa shape index (κ3) is 2.63. The Labute approximate surface area is 133 Å². The van der Waals surface area contributed by atoms with Crippen molar-refractivity contribution in [1.82, 2.24) is 14.5 Å². The summed E-state index contributed by atoms with van der Waals surface area (Å²) < 4.78 is 2.16. The number of aryl methyl sites for hydroxylation is 1. The summed E-state index contributed by atoms with van der Waals surface area (Å²) in [5.41, 5.74) is 2.97. The highest BCUT2D eigenvalue weighted by Gasteiger charge is 2.18. The number of hydrogen-bond acceptors (Lipinski definition) is 2. The first kappa shape index (κ1) is 14.4. The zero-order valence-electron chi connectivity index (χ0n) is 11.6. The largest absolute Gasteiger partial charge is 0.319 e. The summed E-state index contributed by atoms with van der Waals surface area (Å²) in [6, 6.07) is 9.88. The monoisotopic (exact) mass is 319 g/mol. The molecule has 0 aliphatic heterocycles. The van der Waals surface area contributed by atoms with Crippen molar-refractivity contribution in [3.05, 3.63) is 59.1 Å². The van der Waals surface area contributed by atoms with Crippen LogP contribution < -0.4 is 0 Å². The molecule has 2 heterocycles. The molecular weight excluding hydrogens is 305 g/mol. The second-order valence-electron chi connectivity index (χ2n) is 4.91. The number of imidazole rings is 1. The zero-order valence-corrected chi connectivity index (χ0v) is 13.1. The van der Waals surface area contributed by atoms with E-state index in [1.807, 2.05) is 30.5 Å². The van der Waals surface area contributed by atoms with Crippen molar-refractivity contribution < 1.29 is 0 Å². The summed E-state index contributed by atoms with van der Waals surface area (Å²) in [7, 11) is 0. The molecule has 0 saturated carbocycles. The first-order valence-electron chi connectivity index (χ1n) is 6.83. The van der Waals surface area contributed by atoms with E-state index >= 15 is 0 Å². The Morgan fingerprint density at radius 2 is 2.10 bits per heavy atom. The molecule has 0 N–H and O–H groups in total. The van der Waals surface area contributed by atoms with E-state index in [9.17, 15) is 0 Å². The van der Waals surface area contributed by atoms with Crippen LogP contribution in [-0.4, -0.2) is 20.4 Å². The average molecular weight is 320 g/mol. The minimum atomic E-state index is 0.0989. The van der Waals surface area contributed by atoms with Gasteiger partial charge in [0, 0.05) is 24.7 Å². The molecule has 1 aromatic carbocycles. The molecule has 3 rings (SSSR count). The Balaban J connectivity index is 2.21. The van der Waals surface area contributed by atoms with E-state index in [1.54, 1.807) is 6.20 Å². The smallest absolute Gasteiger partial charge is 0.111 e. The molecule has 1 atom stereocenters. The van der Waals surface area contributed by atoms with Gasteiger partial charge in [-0.05, 0) is 30.7 Å². The Kier molecular flexibility index (Phi) is 4.13. The molecular formula is C16H15Cl2N3. The molecule has 1 unspecified atom stereocenters. The molecule has 3 nitrogen and oxygen atoms in total. The van der Waals surface area contributed by atoms with Gasteiger partial charge in [-0.15, -0.1) is 11.6 Å². The number of hydrogen-bond donors (Lipinski definition) is 0. The summed E-state index contributed by atoms with van der Waals surface area (Å²) in [5.74, 6) is 1.48. The molecule has 0 saturated heterocycles. The van der Waals surface area contributed by atoms with E-state index < -0.39 is 0 Å². The zero-order chi connectivity index (χ0) is 14.8. The van der Waals surface area contributed by atoms with Crippen molar-refractivity contribution in [2.24, 2.45) is 0 Å². The summed E-state index contributed by atoms with van der Waals surface area (Å²) >= 11 is 12.3. The molecule has 21 heavy (non-hydrogen) atoms. The van der Waals surface area contributed by atoms with E-state index in [0.29, 0.717) is 17.3 Å². The highest BCUT2D eigenvalue weighted by Crippen LogP contribution is 2.30. The molecule has 0 aliphatic rings. The van der Waals surface area contributed by atoms with Crippen LogP contribution in [0.1, 0.15) is 24.4 Å². The van der Waals surface area contributed by atoms with Gasteiger partial charge in [-0.1, -0.05) is 23.7 Å². The molecule has 2 aromatic heterocycles. The predicted octanol–water partition coefficient (Wildman–Crippen LogP) is 4.48. The Bertz CT molecular complexity index is 753. The molecule has 0 fully saturated rings. The van der Waals surface area contributed by atoms with E-state index in [-0.39, 0.29) is 6.04 Å². The minimum absolute atomic E-state index is 0.0989. The Morgan fingerprint density at radius 1 is 1.24 bits per heavy atom. The third-order valence-corrected chi connectivity index (χ3v) is 4.10. The second-order valence-corrected chi connectivity index (χ2v) is 5.69. The molecule has 0 bridgehead atoms. The predicted molar refractivity (Wildman–Crippen MR) is 87.2 cm³/mol. The van der Waals surface area contributed by atoms with Crippen molar-refractivity contribution in [3.8, 4) is 0 Å². The van der Waals surface area contributed by atoms with Crippen molar-refractivity contribution >= 4 is 34.2 Å². The number of nitrogens with zero attached hydrogens (tertiary/aromatic N) is 3. The normalized spacial score (nSPS) is 12.7. The van der Waals surface area contributed by atoms with Gasteiger partial charge in [-0.25, -0.2) is 4.98 Å². The number of aromatic nitrogens is 3. The molecule has 0 radical (unpaired) electrons. The van der Waals surface area contributed by atoms with Crippen LogP contribution in [0.2, 0.25) is 5.02 Å². The van der Waals surface area contributed by atoms with E-state index in [1.165, 1.54) is 0 Å². The quantitative estimate of drug-likeness (QED) is 0.664. The summed E-state index contributed by atoms with van der Waals surface area (Å²) in [5, 5.41) is 0.705. The maximum Gasteiger partial charge on any atom is 0.111 e. The number of alkyl halides is 1. The fourth-order valence-electron chi connectivity index (χ4n) is 2.60. The van der Waals surface area contributed by atoms with Gasteiger partial charge in [-0.2, -0.15) is 0 Å². The van der Waals surface area contributed by atoms with Crippen LogP contribution in [-0.2, 0) is 6.42 Å². The number of rotatable bonds is 4. The van der Waals surface area contributed by atoms with Gasteiger partial charge < -0.3 is 4.57 Å². The lowest BCUT2D eigenvalue weighted by molar-refractivity contribution is 0.621. The minimum Gasteiger partial charge on any atom is -0.319 e. The molecule has 5 heteroatoms. The number of halogens is 2. The Morgan fingerprint density at radius 3 is 2.81 bits per heavy atom. The van der Waals surface area contributed by atoms with Crippen molar-refractivity contribution in [3.63, 3.8) is 0 Å². The SMILES string of the molecule is CC(c1cccnc1)n1c(CCCl)nc2cccc(Cl)c21. The third-order valence-electron chi connectivity index (χ3n) is 3.61. The van der Waals surface area contributed by atoms with Crippen LogP contribution in [0.15, 0.2) is 42.7 Å². The van der Waals surface area contributed by atoms with Gasteiger partial charge in [-0.3, -0.25) is 4.98 Å². The van der Waals surface area contributed by atoms with Crippen LogP contribution in [0.25, 0.3) is 11.0 Å². The molecule has 108 valence electrons. The van der Waals surface area contributed by atoms with E-state index in [2.05, 4.69) is 27.5 Å². The Hall–Kier alpha value is -1.58. The lowest BCUT2D eigenvalue weighted by atomic mass is 10.1. The number of fused-ring (bicyclic) bond motifs is 1. The van der Waals surface area contributed by atoms with Gasteiger partial charge >= 0.3 is 0 Å². The second kappa shape index (κ2) is 6.04. The van der Waals surface area contributed by atoms with Gasteiger partial charge in [0.25, 0.3) is 0 Å². The fourth-order valence-corrected chi connectivity index (χ4v) is 3.03. The highest BCUT2D eigenvalue weighted by molar-refractivity contribution is 6.35.